The highest BCUT2D eigenvalue weighted by Crippen LogP contribution is 2.34. The summed E-state index contributed by atoms with van der Waals surface area (Å²) < 4.78 is 42.1. The zero-order valence-electron chi connectivity index (χ0n) is 25.8. The molecule has 238 valence electrons. The normalized spacial score (nSPS) is 12.3. The minimum Gasteiger partial charge on any atom is -0.328 e. The fraction of sp³-hybridized carbons (Fsp3) is 0.270. The summed E-state index contributed by atoms with van der Waals surface area (Å²) in [7, 11) is 0. The van der Waals surface area contributed by atoms with E-state index in [0.717, 1.165) is 39.4 Å². The van der Waals surface area contributed by atoms with E-state index in [0.29, 0.717) is 43.6 Å². The van der Waals surface area contributed by atoms with Crippen molar-refractivity contribution in [3.63, 3.8) is 0 Å². The number of carbonyl (C=O) groups is 1. The van der Waals surface area contributed by atoms with Gasteiger partial charge in [0, 0.05) is 46.8 Å². The maximum atomic E-state index is 14.2. The second-order valence-corrected chi connectivity index (χ2v) is 12.6. The Morgan fingerprint density at radius 1 is 0.913 bits per heavy atom. The third kappa shape index (κ3) is 8.31. The lowest BCUT2D eigenvalue weighted by Crippen LogP contribution is -2.39. The van der Waals surface area contributed by atoms with Gasteiger partial charge in [0.2, 0.25) is 0 Å². The average Bonchev–Trinajstić information content (AvgIpc) is 3.45. The van der Waals surface area contributed by atoms with Crippen molar-refractivity contribution in [3.05, 3.63) is 142 Å². The predicted molar refractivity (Wildman–Crippen MR) is 178 cm³/mol. The third-order valence-corrected chi connectivity index (χ3v) is 8.36. The van der Waals surface area contributed by atoms with E-state index < -0.39 is 11.7 Å². The van der Waals surface area contributed by atoms with E-state index in [9.17, 15) is 18.0 Å². The SMILES string of the molecule is CC(C)[C@H](c1nc(-c2cccc(Br)c2)cn1Cc1ccccc1)N(CCCCc1ccc(C(F)(F)F)cn1)C(=O)c1ccccc1. The number of carbonyl (C=O) groups excluding carboxylic acids is 1. The van der Waals surface area contributed by atoms with Crippen LogP contribution in [-0.2, 0) is 19.1 Å². The predicted octanol–water partition coefficient (Wildman–Crippen LogP) is 9.64. The number of aromatic nitrogens is 3. The summed E-state index contributed by atoms with van der Waals surface area (Å²) in [4.78, 5) is 25.3. The maximum absolute atomic E-state index is 14.2. The molecule has 0 aliphatic rings. The van der Waals surface area contributed by atoms with Crippen molar-refractivity contribution in [2.24, 2.45) is 5.92 Å². The molecule has 1 amide bonds. The monoisotopic (exact) mass is 688 g/mol. The van der Waals surface area contributed by atoms with Gasteiger partial charge in [-0.05, 0) is 67.1 Å². The van der Waals surface area contributed by atoms with E-state index in [1.807, 2.05) is 77.7 Å². The molecule has 0 saturated carbocycles. The van der Waals surface area contributed by atoms with Gasteiger partial charge in [-0.3, -0.25) is 9.78 Å². The smallest absolute Gasteiger partial charge is 0.328 e. The quantitative estimate of drug-likeness (QED) is 0.123. The first-order valence-electron chi connectivity index (χ1n) is 15.3. The van der Waals surface area contributed by atoms with Crippen molar-refractivity contribution >= 4 is 21.8 Å². The number of halogens is 4. The van der Waals surface area contributed by atoms with Crippen LogP contribution in [0, 0.1) is 5.92 Å². The van der Waals surface area contributed by atoms with Crippen LogP contribution in [-0.4, -0.2) is 31.9 Å². The Balaban J connectivity index is 1.47. The Hall–Kier alpha value is -4.24. The van der Waals surface area contributed by atoms with Gasteiger partial charge >= 0.3 is 6.18 Å². The Morgan fingerprint density at radius 2 is 1.63 bits per heavy atom. The molecule has 0 spiro atoms. The van der Waals surface area contributed by atoms with Crippen molar-refractivity contribution in [1.29, 1.82) is 0 Å². The lowest BCUT2D eigenvalue weighted by Gasteiger charge is -2.35. The summed E-state index contributed by atoms with van der Waals surface area (Å²) in [5.74, 6) is 0.726. The van der Waals surface area contributed by atoms with Gasteiger partial charge < -0.3 is 9.47 Å². The Bertz CT molecular complexity index is 1720. The molecule has 2 aromatic heterocycles. The van der Waals surface area contributed by atoms with Gasteiger partial charge in [-0.15, -0.1) is 0 Å². The summed E-state index contributed by atoms with van der Waals surface area (Å²) >= 11 is 3.58. The Morgan fingerprint density at radius 3 is 2.26 bits per heavy atom. The number of unbranched alkanes of at least 4 members (excludes halogenated alkanes) is 1. The molecular weight excluding hydrogens is 653 g/mol. The van der Waals surface area contributed by atoms with E-state index in [2.05, 4.69) is 57.7 Å². The van der Waals surface area contributed by atoms with E-state index in [1.54, 1.807) is 0 Å². The van der Waals surface area contributed by atoms with E-state index >= 15 is 0 Å². The molecule has 0 aliphatic carbocycles. The number of benzene rings is 3. The minimum absolute atomic E-state index is 0.0246. The first-order valence-corrected chi connectivity index (χ1v) is 16.1. The van der Waals surface area contributed by atoms with Crippen LogP contribution in [0.25, 0.3) is 11.3 Å². The highest BCUT2D eigenvalue weighted by Gasteiger charge is 2.33. The summed E-state index contributed by atoms with van der Waals surface area (Å²) in [6.45, 7) is 5.24. The second kappa shape index (κ2) is 14.9. The lowest BCUT2D eigenvalue weighted by atomic mass is 9.99. The molecule has 0 fully saturated rings. The van der Waals surface area contributed by atoms with Gasteiger partial charge in [0.25, 0.3) is 5.91 Å². The third-order valence-electron chi connectivity index (χ3n) is 7.87. The number of aryl methyl sites for hydroxylation is 1. The van der Waals surface area contributed by atoms with Crippen LogP contribution in [0.2, 0.25) is 0 Å². The Labute approximate surface area is 276 Å². The van der Waals surface area contributed by atoms with Crippen molar-refractivity contribution in [1.82, 2.24) is 19.4 Å². The fourth-order valence-corrected chi connectivity index (χ4v) is 6.00. The molecule has 0 aliphatic heterocycles. The number of amides is 1. The first kappa shape index (κ1) is 33.1. The van der Waals surface area contributed by atoms with Crippen LogP contribution < -0.4 is 0 Å². The molecule has 3 aromatic carbocycles. The van der Waals surface area contributed by atoms with Crippen LogP contribution in [0.3, 0.4) is 0 Å². The molecule has 0 unspecified atom stereocenters. The highest BCUT2D eigenvalue weighted by molar-refractivity contribution is 9.10. The highest BCUT2D eigenvalue weighted by atomic mass is 79.9. The zero-order valence-corrected chi connectivity index (χ0v) is 27.4. The molecule has 9 heteroatoms. The van der Waals surface area contributed by atoms with Crippen molar-refractivity contribution in [2.45, 2.75) is 51.9 Å². The van der Waals surface area contributed by atoms with Crippen LogP contribution in [0.15, 0.2) is 114 Å². The maximum Gasteiger partial charge on any atom is 0.417 e. The number of hydrogen-bond acceptors (Lipinski definition) is 3. The summed E-state index contributed by atoms with van der Waals surface area (Å²) in [5, 5.41) is 0. The average molecular weight is 690 g/mol. The van der Waals surface area contributed by atoms with Crippen molar-refractivity contribution in [2.75, 3.05) is 6.54 Å². The summed E-state index contributed by atoms with van der Waals surface area (Å²) in [6, 6.07) is 29.6. The molecule has 5 aromatic rings. The van der Waals surface area contributed by atoms with Gasteiger partial charge in [0.15, 0.2) is 0 Å². The summed E-state index contributed by atoms with van der Waals surface area (Å²) in [5.41, 5.74) is 3.32. The standard InChI is InChI=1S/C37H36BrF3N4O/c1-26(2)34(35-43-33(29-16-11-17-31(38)22-29)25-44(35)24-27-12-5-3-6-13-27)45(36(46)28-14-7-4-8-15-28)21-10-9-18-32-20-19-30(23-42-32)37(39,40)41/h3-8,11-17,19-20,22-23,25-26,34H,9-10,18,21,24H2,1-2H3/t34-/m1/s1. The van der Waals surface area contributed by atoms with E-state index in [-0.39, 0.29) is 17.9 Å². The Kier molecular flexibility index (Phi) is 10.7. The molecule has 0 N–H and O–H groups in total. The molecule has 5 nitrogen and oxygen atoms in total. The van der Waals surface area contributed by atoms with Gasteiger partial charge in [0.1, 0.15) is 5.82 Å². The summed E-state index contributed by atoms with van der Waals surface area (Å²) in [6.07, 6.45) is 0.323. The number of nitrogens with zero attached hydrogens (tertiary/aromatic N) is 4. The molecular formula is C37H36BrF3N4O. The first-order chi connectivity index (χ1) is 22.1. The molecule has 0 saturated heterocycles. The number of imidazole rings is 1. The molecule has 0 bridgehead atoms. The molecule has 2 heterocycles. The molecule has 0 radical (unpaired) electrons. The van der Waals surface area contributed by atoms with Gasteiger partial charge in [0.05, 0.1) is 17.3 Å². The van der Waals surface area contributed by atoms with E-state index in [1.165, 1.54) is 6.07 Å². The lowest BCUT2D eigenvalue weighted by molar-refractivity contribution is -0.137. The molecule has 1 atom stereocenters. The largest absolute Gasteiger partial charge is 0.417 e. The minimum atomic E-state index is -4.42. The van der Waals surface area contributed by atoms with Crippen molar-refractivity contribution in [3.8, 4) is 11.3 Å². The number of alkyl halides is 3. The number of rotatable bonds is 12. The molecule has 5 rings (SSSR count). The number of hydrogen-bond donors (Lipinski definition) is 0. The van der Waals surface area contributed by atoms with Crippen LogP contribution in [0.1, 0.15) is 65.7 Å². The zero-order chi connectivity index (χ0) is 32.7. The molecule has 46 heavy (non-hydrogen) atoms. The number of pyridine rings is 1. The van der Waals surface area contributed by atoms with E-state index in [4.69, 9.17) is 4.98 Å². The van der Waals surface area contributed by atoms with Crippen LogP contribution in [0.4, 0.5) is 13.2 Å². The van der Waals surface area contributed by atoms with Crippen molar-refractivity contribution < 1.29 is 18.0 Å². The van der Waals surface area contributed by atoms with Crippen LogP contribution in [0.5, 0.6) is 0 Å². The fourth-order valence-electron chi connectivity index (χ4n) is 5.60. The topological polar surface area (TPSA) is 51.0 Å². The van der Waals surface area contributed by atoms with Gasteiger partial charge in [-0.2, -0.15) is 13.2 Å². The van der Waals surface area contributed by atoms with Gasteiger partial charge in [-0.25, -0.2) is 4.98 Å². The van der Waals surface area contributed by atoms with Crippen LogP contribution >= 0.6 is 15.9 Å². The second-order valence-electron chi connectivity index (χ2n) is 11.7. The van der Waals surface area contributed by atoms with Gasteiger partial charge in [-0.1, -0.05) is 90.4 Å².